The molecule has 0 saturated heterocycles. The molecular formula is C12H18N2O4. The third-order valence-corrected chi connectivity index (χ3v) is 2.78. The van der Waals surface area contributed by atoms with Gasteiger partial charge in [-0.05, 0) is 17.0 Å². The molecule has 0 unspecified atom stereocenters. The SMILES string of the molecule is CC(C)(C)c1cc([C@H](N)CO)c(O)c([N+](=O)[O-])c1. The fourth-order valence-corrected chi connectivity index (χ4v) is 1.59. The number of nitrogens with two attached hydrogens (primary N) is 1. The van der Waals surface area contributed by atoms with Gasteiger partial charge in [-0.25, -0.2) is 0 Å². The van der Waals surface area contributed by atoms with Crippen molar-refractivity contribution in [3.8, 4) is 5.75 Å². The number of aliphatic hydroxyl groups is 1. The first kappa shape index (κ1) is 14.4. The average molecular weight is 254 g/mol. The minimum Gasteiger partial charge on any atom is -0.502 e. The largest absolute Gasteiger partial charge is 0.502 e. The van der Waals surface area contributed by atoms with Gasteiger partial charge in [0.2, 0.25) is 0 Å². The van der Waals surface area contributed by atoms with Crippen LogP contribution in [0, 0.1) is 10.1 Å². The summed E-state index contributed by atoms with van der Waals surface area (Å²) in [4.78, 5) is 10.3. The fourth-order valence-electron chi connectivity index (χ4n) is 1.59. The summed E-state index contributed by atoms with van der Waals surface area (Å²) >= 11 is 0. The molecule has 0 aromatic heterocycles. The summed E-state index contributed by atoms with van der Waals surface area (Å²) in [5.41, 5.74) is 5.82. The molecule has 0 aliphatic carbocycles. The van der Waals surface area contributed by atoms with E-state index in [2.05, 4.69) is 0 Å². The molecule has 0 saturated carbocycles. The van der Waals surface area contributed by atoms with Gasteiger partial charge < -0.3 is 15.9 Å². The van der Waals surface area contributed by atoms with Gasteiger partial charge in [0.15, 0.2) is 5.75 Å². The highest BCUT2D eigenvalue weighted by molar-refractivity contribution is 5.55. The molecule has 0 heterocycles. The summed E-state index contributed by atoms with van der Waals surface area (Å²) in [5, 5.41) is 29.8. The van der Waals surface area contributed by atoms with E-state index in [1.165, 1.54) is 6.07 Å². The monoisotopic (exact) mass is 254 g/mol. The van der Waals surface area contributed by atoms with E-state index in [4.69, 9.17) is 10.8 Å². The normalized spacial score (nSPS) is 13.4. The highest BCUT2D eigenvalue weighted by Crippen LogP contribution is 2.37. The zero-order valence-corrected chi connectivity index (χ0v) is 10.7. The van der Waals surface area contributed by atoms with Gasteiger partial charge in [-0.2, -0.15) is 0 Å². The molecule has 1 atom stereocenters. The molecule has 4 N–H and O–H groups in total. The highest BCUT2D eigenvalue weighted by Gasteiger charge is 2.26. The number of nitro groups is 1. The topological polar surface area (TPSA) is 110 Å². The maximum atomic E-state index is 10.9. The maximum absolute atomic E-state index is 10.9. The van der Waals surface area contributed by atoms with E-state index < -0.39 is 23.3 Å². The zero-order valence-electron chi connectivity index (χ0n) is 10.7. The van der Waals surface area contributed by atoms with Crippen LogP contribution in [0.5, 0.6) is 5.75 Å². The van der Waals surface area contributed by atoms with Crippen molar-refractivity contribution in [1.82, 2.24) is 0 Å². The van der Waals surface area contributed by atoms with E-state index in [1.807, 2.05) is 20.8 Å². The molecule has 6 nitrogen and oxygen atoms in total. The summed E-state index contributed by atoms with van der Waals surface area (Å²) < 4.78 is 0. The molecule has 100 valence electrons. The molecule has 0 fully saturated rings. The van der Waals surface area contributed by atoms with Crippen LogP contribution in [0.2, 0.25) is 0 Å². The Labute approximate surface area is 105 Å². The second kappa shape index (κ2) is 4.91. The van der Waals surface area contributed by atoms with Crippen molar-refractivity contribution >= 4 is 5.69 Å². The van der Waals surface area contributed by atoms with Crippen molar-refractivity contribution in [3.63, 3.8) is 0 Å². The molecule has 0 amide bonds. The van der Waals surface area contributed by atoms with Crippen LogP contribution in [-0.2, 0) is 5.41 Å². The van der Waals surface area contributed by atoms with Crippen LogP contribution in [0.25, 0.3) is 0 Å². The first-order chi connectivity index (χ1) is 8.18. The number of phenolic OH excluding ortho intramolecular Hbond substituents is 1. The zero-order chi connectivity index (χ0) is 14.1. The van der Waals surface area contributed by atoms with E-state index in [-0.39, 0.29) is 16.7 Å². The van der Waals surface area contributed by atoms with Gasteiger partial charge in [0, 0.05) is 11.6 Å². The second-order valence-corrected chi connectivity index (χ2v) is 5.23. The number of hydrogen-bond acceptors (Lipinski definition) is 5. The van der Waals surface area contributed by atoms with Gasteiger partial charge in [0.25, 0.3) is 0 Å². The number of hydrogen-bond donors (Lipinski definition) is 3. The highest BCUT2D eigenvalue weighted by atomic mass is 16.6. The summed E-state index contributed by atoms with van der Waals surface area (Å²) in [6, 6.07) is 2.09. The molecule has 0 aliphatic rings. The third kappa shape index (κ3) is 2.77. The predicted octanol–water partition coefficient (Wildman–Crippen LogP) is 1.59. The van der Waals surface area contributed by atoms with Crippen molar-refractivity contribution < 1.29 is 15.1 Å². The Bertz CT molecular complexity index is 466. The number of nitro benzene ring substituents is 1. The molecule has 1 rings (SSSR count). The lowest BCUT2D eigenvalue weighted by molar-refractivity contribution is -0.386. The summed E-state index contributed by atoms with van der Waals surface area (Å²) in [6.07, 6.45) is 0. The Balaban J connectivity index is 3.52. The van der Waals surface area contributed by atoms with Crippen LogP contribution < -0.4 is 5.73 Å². The molecule has 0 spiro atoms. The number of aromatic hydroxyl groups is 1. The minimum absolute atomic E-state index is 0.191. The van der Waals surface area contributed by atoms with Crippen LogP contribution >= 0.6 is 0 Å². The number of aliphatic hydroxyl groups excluding tert-OH is 1. The van der Waals surface area contributed by atoms with Crippen LogP contribution in [0.4, 0.5) is 5.69 Å². The molecular weight excluding hydrogens is 236 g/mol. The molecule has 1 aromatic rings. The van der Waals surface area contributed by atoms with Crippen LogP contribution in [-0.4, -0.2) is 21.7 Å². The lowest BCUT2D eigenvalue weighted by Crippen LogP contribution is -2.18. The van der Waals surface area contributed by atoms with Gasteiger partial charge >= 0.3 is 5.69 Å². The Morgan fingerprint density at radius 3 is 2.39 bits per heavy atom. The van der Waals surface area contributed by atoms with Gasteiger partial charge in [-0.15, -0.1) is 0 Å². The molecule has 18 heavy (non-hydrogen) atoms. The van der Waals surface area contributed by atoms with Gasteiger partial charge in [0.1, 0.15) is 0 Å². The van der Waals surface area contributed by atoms with Gasteiger partial charge in [-0.1, -0.05) is 20.8 Å². The summed E-state index contributed by atoms with van der Waals surface area (Å²) in [5.74, 6) is -0.477. The van der Waals surface area contributed by atoms with Gasteiger partial charge in [0.05, 0.1) is 17.6 Å². The molecule has 6 heteroatoms. The van der Waals surface area contributed by atoms with Crippen LogP contribution in [0.1, 0.15) is 37.9 Å². The van der Waals surface area contributed by atoms with Crippen molar-refractivity contribution in [2.45, 2.75) is 32.2 Å². The lowest BCUT2D eigenvalue weighted by atomic mass is 9.84. The Morgan fingerprint density at radius 1 is 1.44 bits per heavy atom. The number of benzene rings is 1. The van der Waals surface area contributed by atoms with E-state index >= 15 is 0 Å². The van der Waals surface area contributed by atoms with Crippen LogP contribution in [0.3, 0.4) is 0 Å². The van der Waals surface area contributed by atoms with Gasteiger partial charge in [-0.3, -0.25) is 10.1 Å². The summed E-state index contributed by atoms with van der Waals surface area (Å²) in [7, 11) is 0. The molecule has 0 bridgehead atoms. The van der Waals surface area contributed by atoms with Crippen LogP contribution in [0.15, 0.2) is 12.1 Å². The minimum atomic E-state index is -0.842. The molecule has 0 aliphatic heterocycles. The molecule has 1 aromatic carbocycles. The number of phenols is 1. The number of nitrogens with zero attached hydrogens (tertiary/aromatic N) is 1. The fraction of sp³-hybridized carbons (Fsp3) is 0.500. The first-order valence-corrected chi connectivity index (χ1v) is 5.56. The van der Waals surface area contributed by atoms with Crippen molar-refractivity contribution in [2.75, 3.05) is 6.61 Å². The lowest BCUT2D eigenvalue weighted by Gasteiger charge is -2.21. The van der Waals surface area contributed by atoms with E-state index in [0.29, 0.717) is 5.56 Å². The second-order valence-electron chi connectivity index (χ2n) is 5.23. The quantitative estimate of drug-likeness (QED) is 0.560. The van der Waals surface area contributed by atoms with Crippen molar-refractivity contribution in [3.05, 3.63) is 33.4 Å². The van der Waals surface area contributed by atoms with E-state index in [9.17, 15) is 15.2 Å². The van der Waals surface area contributed by atoms with Crippen molar-refractivity contribution in [2.24, 2.45) is 5.73 Å². The summed E-state index contributed by atoms with van der Waals surface area (Å²) in [6.45, 7) is 5.31. The Morgan fingerprint density at radius 2 is 2.00 bits per heavy atom. The average Bonchev–Trinajstić information content (AvgIpc) is 2.26. The predicted molar refractivity (Wildman–Crippen MR) is 67.5 cm³/mol. The van der Waals surface area contributed by atoms with Crippen molar-refractivity contribution in [1.29, 1.82) is 0 Å². The molecule has 0 radical (unpaired) electrons. The first-order valence-electron chi connectivity index (χ1n) is 5.56. The number of rotatable bonds is 3. The van der Waals surface area contributed by atoms with E-state index in [1.54, 1.807) is 6.07 Å². The van der Waals surface area contributed by atoms with E-state index in [0.717, 1.165) is 0 Å². The Kier molecular flexibility index (Phi) is 3.93. The smallest absolute Gasteiger partial charge is 0.311 e. The Hall–Kier alpha value is -1.66. The third-order valence-electron chi connectivity index (χ3n) is 2.78. The standard InChI is InChI=1S/C12H18N2O4/c1-12(2,3)7-4-8(9(13)6-15)11(16)10(5-7)14(17)18/h4-5,9,15-16H,6,13H2,1-3H3/t9-/m1/s1. The maximum Gasteiger partial charge on any atom is 0.311 e.